The summed E-state index contributed by atoms with van der Waals surface area (Å²) in [4.78, 5) is 15.1. The molecule has 1 aromatic rings. The first-order valence-corrected chi connectivity index (χ1v) is 7.33. The van der Waals surface area contributed by atoms with Crippen molar-refractivity contribution < 1.29 is 4.79 Å². The van der Waals surface area contributed by atoms with Crippen molar-refractivity contribution >= 4 is 11.6 Å². The summed E-state index contributed by atoms with van der Waals surface area (Å²) in [6, 6.07) is 10.4. The van der Waals surface area contributed by atoms with Crippen molar-refractivity contribution in [3.05, 3.63) is 30.3 Å². The minimum atomic E-state index is -0.324. The molecular formula is C16H22N2O. The predicted octanol–water partition coefficient (Wildman–Crippen LogP) is 3.03. The van der Waals surface area contributed by atoms with E-state index in [0.29, 0.717) is 6.04 Å². The van der Waals surface area contributed by atoms with E-state index in [1.54, 1.807) is 0 Å². The minimum absolute atomic E-state index is 0.158. The lowest BCUT2D eigenvalue weighted by atomic mass is 9.87. The number of likely N-dealkylation sites (tertiary alicyclic amines) is 1. The van der Waals surface area contributed by atoms with Crippen LogP contribution < -0.4 is 5.32 Å². The zero-order valence-corrected chi connectivity index (χ0v) is 11.6. The molecular weight excluding hydrogens is 236 g/mol. The van der Waals surface area contributed by atoms with E-state index in [1.807, 2.05) is 30.3 Å². The molecule has 0 aromatic heterocycles. The summed E-state index contributed by atoms with van der Waals surface area (Å²) < 4.78 is 0. The van der Waals surface area contributed by atoms with E-state index in [-0.39, 0.29) is 11.4 Å². The molecule has 1 aliphatic heterocycles. The summed E-state index contributed by atoms with van der Waals surface area (Å²) in [5.41, 5.74) is 0.574. The molecule has 1 atom stereocenters. The number of piperidine rings is 1. The average molecular weight is 258 g/mol. The van der Waals surface area contributed by atoms with Gasteiger partial charge in [0.1, 0.15) is 0 Å². The van der Waals surface area contributed by atoms with Crippen molar-refractivity contribution in [2.45, 2.75) is 50.6 Å². The summed E-state index contributed by atoms with van der Waals surface area (Å²) >= 11 is 0. The van der Waals surface area contributed by atoms with Crippen LogP contribution >= 0.6 is 0 Å². The van der Waals surface area contributed by atoms with Gasteiger partial charge in [-0.05, 0) is 57.7 Å². The summed E-state index contributed by atoms with van der Waals surface area (Å²) in [5.74, 6) is 0.158. The van der Waals surface area contributed by atoms with Gasteiger partial charge in [0.25, 0.3) is 0 Å². The zero-order chi connectivity index (χ0) is 13.3. The number of carbonyl (C=O) groups excluding carboxylic acids is 1. The zero-order valence-electron chi connectivity index (χ0n) is 11.6. The normalized spacial score (nSPS) is 28.1. The molecule has 3 nitrogen and oxygen atoms in total. The van der Waals surface area contributed by atoms with Crippen molar-refractivity contribution in [3.63, 3.8) is 0 Å². The predicted molar refractivity (Wildman–Crippen MR) is 77.1 cm³/mol. The van der Waals surface area contributed by atoms with Crippen LogP contribution in [0.3, 0.4) is 0 Å². The van der Waals surface area contributed by atoms with Gasteiger partial charge in [0.2, 0.25) is 5.91 Å². The monoisotopic (exact) mass is 258 g/mol. The molecule has 0 bridgehead atoms. The van der Waals surface area contributed by atoms with E-state index in [1.165, 1.54) is 19.3 Å². The Balaban J connectivity index is 1.76. The van der Waals surface area contributed by atoms with Crippen LogP contribution in [0.2, 0.25) is 0 Å². The second kappa shape index (κ2) is 4.97. The van der Waals surface area contributed by atoms with Crippen molar-refractivity contribution in [2.75, 3.05) is 11.9 Å². The fourth-order valence-electron chi connectivity index (χ4n) is 3.14. The summed E-state index contributed by atoms with van der Waals surface area (Å²) in [6.07, 6.45) is 5.87. The molecule has 1 amide bonds. The Morgan fingerprint density at radius 2 is 2.00 bits per heavy atom. The second-order valence-electron chi connectivity index (χ2n) is 5.98. The van der Waals surface area contributed by atoms with Crippen LogP contribution in [0.25, 0.3) is 0 Å². The van der Waals surface area contributed by atoms with Crippen LogP contribution in [-0.4, -0.2) is 28.9 Å². The lowest BCUT2D eigenvalue weighted by molar-refractivity contribution is -0.129. The summed E-state index contributed by atoms with van der Waals surface area (Å²) in [7, 11) is 0. The lowest BCUT2D eigenvalue weighted by Gasteiger charge is -2.43. The molecule has 0 spiro atoms. The fourth-order valence-corrected chi connectivity index (χ4v) is 3.14. The van der Waals surface area contributed by atoms with E-state index in [0.717, 1.165) is 25.1 Å². The standard InChI is InChI=1S/C16H22N2O/c1-16(11-5-6-12-18(16)14-9-10-14)15(19)17-13-7-3-2-4-8-13/h2-4,7-8,14H,5-6,9-12H2,1H3,(H,17,19). The van der Waals surface area contributed by atoms with Crippen LogP contribution in [0.15, 0.2) is 30.3 Å². The van der Waals surface area contributed by atoms with E-state index in [2.05, 4.69) is 17.1 Å². The van der Waals surface area contributed by atoms with E-state index in [4.69, 9.17) is 0 Å². The van der Waals surface area contributed by atoms with Crippen LogP contribution in [0, 0.1) is 0 Å². The van der Waals surface area contributed by atoms with E-state index < -0.39 is 0 Å². The Bertz CT molecular complexity index is 455. The number of rotatable bonds is 3. The van der Waals surface area contributed by atoms with Crippen LogP contribution in [0.1, 0.15) is 39.0 Å². The number of benzene rings is 1. The smallest absolute Gasteiger partial charge is 0.244 e. The van der Waals surface area contributed by atoms with Crippen molar-refractivity contribution in [1.29, 1.82) is 0 Å². The van der Waals surface area contributed by atoms with Crippen LogP contribution in [-0.2, 0) is 4.79 Å². The Morgan fingerprint density at radius 3 is 2.68 bits per heavy atom. The first-order chi connectivity index (χ1) is 9.20. The van der Waals surface area contributed by atoms with E-state index in [9.17, 15) is 4.79 Å². The first-order valence-electron chi connectivity index (χ1n) is 7.33. The van der Waals surface area contributed by atoms with Gasteiger partial charge in [0, 0.05) is 11.7 Å². The quantitative estimate of drug-likeness (QED) is 0.904. The third kappa shape index (κ3) is 2.52. The third-order valence-corrected chi connectivity index (χ3v) is 4.45. The molecule has 0 radical (unpaired) electrons. The number of para-hydroxylation sites is 1. The van der Waals surface area contributed by atoms with Gasteiger partial charge >= 0.3 is 0 Å². The number of hydrogen-bond acceptors (Lipinski definition) is 2. The Morgan fingerprint density at radius 1 is 1.26 bits per heavy atom. The lowest BCUT2D eigenvalue weighted by Crippen LogP contribution is -2.58. The van der Waals surface area contributed by atoms with Gasteiger partial charge in [-0.3, -0.25) is 9.69 Å². The number of amides is 1. The van der Waals surface area contributed by atoms with Gasteiger partial charge in [0.15, 0.2) is 0 Å². The molecule has 1 saturated carbocycles. The van der Waals surface area contributed by atoms with Gasteiger partial charge in [-0.2, -0.15) is 0 Å². The minimum Gasteiger partial charge on any atom is -0.324 e. The number of nitrogens with one attached hydrogen (secondary N) is 1. The molecule has 1 aromatic carbocycles. The molecule has 1 aliphatic carbocycles. The molecule has 1 saturated heterocycles. The third-order valence-electron chi connectivity index (χ3n) is 4.45. The van der Waals surface area contributed by atoms with Gasteiger partial charge in [0.05, 0.1) is 5.54 Å². The number of hydrogen-bond donors (Lipinski definition) is 1. The van der Waals surface area contributed by atoms with Crippen molar-refractivity contribution in [3.8, 4) is 0 Å². The maximum atomic E-state index is 12.7. The fraction of sp³-hybridized carbons (Fsp3) is 0.562. The number of nitrogens with zero attached hydrogens (tertiary/aromatic N) is 1. The molecule has 1 unspecified atom stereocenters. The average Bonchev–Trinajstić information content (AvgIpc) is 3.25. The highest BCUT2D eigenvalue weighted by Crippen LogP contribution is 2.38. The molecule has 3 rings (SSSR count). The van der Waals surface area contributed by atoms with Crippen LogP contribution in [0.5, 0.6) is 0 Å². The topological polar surface area (TPSA) is 32.3 Å². The molecule has 2 fully saturated rings. The largest absolute Gasteiger partial charge is 0.324 e. The molecule has 2 aliphatic rings. The first kappa shape index (κ1) is 12.7. The van der Waals surface area contributed by atoms with Crippen LogP contribution in [0.4, 0.5) is 5.69 Å². The number of carbonyl (C=O) groups is 1. The highest BCUT2D eigenvalue weighted by Gasteiger charge is 2.47. The maximum absolute atomic E-state index is 12.7. The van der Waals surface area contributed by atoms with Crippen molar-refractivity contribution in [2.24, 2.45) is 0 Å². The summed E-state index contributed by atoms with van der Waals surface area (Å²) in [5, 5.41) is 3.08. The van der Waals surface area contributed by atoms with Gasteiger partial charge in [-0.15, -0.1) is 0 Å². The molecule has 3 heteroatoms. The maximum Gasteiger partial charge on any atom is 0.244 e. The Labute approximate surface area is 115 Å². The summed E-state index contributed by atoms with van der Waals surface area (Å²) in [6.45, 7) is 3.19. The highest BCUT2D eigenvalue weighted by molar-refractivity contribution is 5.97. The van der Waals surface area contributed by atoms with Gasteiger partial charge in [-0.25, -0.2) is 0 Å². The number of anilines is 1. The molecule has 102 valence electrons. The Kier molecular flexibility index (Phi) is 3.31. The van der Waals surface area contributed by atoms with E-state index >= 15 is 0 Å². The molecule has 19 heavy (non-hydrogen) atoms. The highest BCUT2D eigenvalue weighted by atomic mass is 16.2. The van der Waals surface area contributed by atoms with Crippen molar-refractivity contribution in [1.82, 2.24) is 4.90 Å². The SMILES string of the molecule is CC1(C(=O)Nc2ccccc2)CCCCN1C1CC1. The molecule has 1 heterocycles. The Hall–Kier alpha value is -1.35. The van der Waals surface area contributed by atoms with Gasteiger partial charge < -0.3 is 5.32 Å². The molecule has 1 N–H and O–H groups in total. The van der Waals surface area contributed by atoms with Gasteiger partial charge in [-0.1, -0.05) is 18.2 Å². The second-order valence-corrected chi connectivity index (χ2v) is 5.98.